The van der Waals surface area contributed by atoms with Crippen LogP contribution in [0.15, 0.2) is 42.5 Å². The highest BCUT2D eigenvalue weighted by atomic mass is 19.1. The number of hydrogen-bond donors (Lipinski definition) is 1. The van der Waals surface area contributed by atoms with Crippen LogP contribution in [-0.4, -0.2) is 35.0 Å². The number of amides is 1. The van der Waals surface area contributed by atoms with Gasteiger partial charge in [0, 0.05) is 18.7 Å². The number of halogens is 1. The van der Waals surface area contributed by atoms with Gasteiger partial charge in [-0.1, -0.05) is 12.1 Å². The van der Waals surface area contributed by atoms with E-state index >= 15 is 0 Å². The molecule has 1 aliphatic heterocycles. The van der Waals surface area contributed by atoms with Gasteiger partial charge in [-0.25, -0.2) is 9.18 Å². The van der Waals surface area contributed by atoms with E-state index in [9.17, 15) is 19.1 Å². The molecule has 0 atom stereocenters. The number of hydrogen-bond acceptors (Lipinski definition) is 2. The normalized spacial score (nSPS) is 14.5. The summed E-state index contributed by atoms with van der Waals surface area (Å²) in [5.41, 5.74) is 1.47. The molecule has 0 aromatic heterocycles. The lowest BCUT2D eigenvalue weighted by atomic mass is 9.98. The molecule has 1 amide bonds. The van der Waals surface area contributed by atoms with Gasteiger partial charge in [-0.05, 0) is 60.7 Å². The molecule has 124 valence electrons. The van der Waals surface area contributed by atoms with Crippen molar-refractivity contribution in [2.45, 2.75) is 19.3 Å². The van der Waals surface area contributed by atoms with E-state index in [2.05, 4.69) is 0 Å². The zero-order valence-electron chi connectivity index (χ0n) is 13.2. The Hall–Kier alpha value is -2.69. The van der Waals surface area contributed by atoms with Crippen LogP contribution in [0.4, 0.5) is 4.39 Å². The smallest absolute Gasteiger partial charge is 0.336 e. The molecule has 1 heterocycles. The molecule has 4 nitrogen and oxygen atoms in total. The summed E-state index contributed by atoms with van der Waals surface area (Å²) in [7, 11) is 0. The molecule has 0 unspecified atom stereocenters. The molecule has 2 aromatic rings. The van der Waals surface area contributed by atoms with Gasteiger partial charge in [-0.2, -0.15) is 0 Å². The van der Waals surface area contributed by atoms with E-state index in [0.717, 1.165) is 38.4 Å². The molecule has 2 aromatic carbocycles. The highest BCUT2D eigenvalue weighted by Gasteiger charge is 2.18. The van der Waals surface area contributed by atoms with Gasteiger partial charge in [0.15, 0.2) is 0 Å². The van der Waals surface area contributed by atoms with Crippen LogP contribution in [0.25, 0.3) is 11.1 Å². The van der Waals surface area contributed by atoms with Crippen molar-refractivity contribution in [3.63, 3.8) is 0 Å². The van der Waals surface area contributed by atoms with Crippen LogP contribution < -0.4 is 0 Å². The number of carbonyl (C=O) groups excluding carboxylic acids is 1. The average Bonchev–Trinajstić information content (AvgIpc) is 2.61. The molecule has 0 radical (unpaired) electrons. The minimum Gasteiger partial charge on any atom is -0.478 e. The molecule has 1 N–H and O–H groups in total. The fraction of sp³-hybridized carbons (Fsp3) is 0.263. The topological polar surface area (TPSA) is 57.6 Å². The van der Waals surface area contributed by atoms with Gasteiger partial charge in [0.1, 0.15) is 5.82 Å². The van der Waals surface area contributed by atoms with Gasteiger partial charge in [0.05, 0.1) is 5.56 Å². The number of piperidine rings is 1. The molecule has 24 heavy (non-hydrogen) atoms. The number of carboxylic acid groups (broad SMARTS) is 1. The monoisotopic (exact) mass is 327 g/mol. The second-order valence-corrected chi connectivity index (χ2v) is 5.93. The summed E-state index contributed by atoms with van der Waals surface area (Å²) in [5.74, 6) is -1.62. The van der Waals surface area contributed by atoms with E-state index < -0.39 is 11.8 Å². The first-order chi connectivity index (χ1) is 11.6. The fourth-order valence-electron chi connectivity index (χ4n) is 3.01. The van der Waals surface area contributed by atoms with Crippen molar-refractivity contribution in [1.82, 2.24) is 4.90 Å². The molecule has 0 bridgehead atoms. The highest BCUT2D eigenvalue weighted by molar-refractivity contribution is 5.97. The maximum absolute atomic E-state index is 13.5. The van der Waals surface area contributed by atoms with Crippen LogP contribution >= 0.6 is 0 Å². The maximum atomic E-state index is 13.5. The van der Waals surface area contributed by atoms with E-state index in [1.54, 1.807) is 24.3 Å². The van der Waals surface area contributed by atoms with Crippen LogP contribution in [0, 0.1) is 5.82 Å². The van der Waals surface area contributed by atoms with Crippen LogP contribution in [0.3, 0.4) is 0 Å². The third-order valence-corrected chi connectivity index (χ3v) is 4.30. The van der Waals surface area contributed by atoms with Crippen LogP contribution in [0.2, 0.25) is 0 Å². The first kappa shape index (κ1) is 16.2. The van der Waals surface area contributed by atoms with Gasteiger partial charge >= 0.3 is 5.97 Å². The first-order valence-corrected chi connectivity index (χ1v) is 7.99. The lowest BCUT2D eigenvalue weighted by Crippen LogP contribution is -2.35. The van der Waals surface area contributed by atoms with Gasteiger partial charge in [-0.15, -0.1) is 0 Å². The second-order valence-electron chi connectivity index (χ2n) is 5.93. The first-order valence-electron chi connectivity index (χ1n) is 7.99. The Balaban J connectivity index is 1.88. The van der Waals surface area contributed by atoms with Gasteiger partial charge in [0.25, 0.3) is 5.91 Å². The standard InChI is InChI=1S/C19H18FNO3/c20-15-8-9-16(19(23)24)17(12-15)13-4-6-14(7-5-13)18(22)21-10-2-1-3-11-21/h4-9,12H,1-3,10-11H2,(H,23,24). The summed E-state index contributed by atoms with van der Waals surface area (Å²) >= 11 is 0. The Morgan fingerprint density at radius 1 is 0.958 bits per heavy atom. The number of rotatable bonds is 3. The SMILES string of the molecule is O=C(O)c1ccc(F)cc1-c1ccc(C(=O)N2CCCCC2)cc1. The number of benzene rings is 2. The zero-order valence-corrected chi connectivity index (χ0v) is 13.2. The average molecular weight is 327 g/mol. The molecule has 1 fully saturated rings. The number of nitrogens with zero attached hydrogens (tertiary/aromatic N) is 1. The molecular formula is C19H18FNO3. The van der Waals surface area contributed by atoms with Crippen molar-refractivity contribution in [2.24, 2.45) is 0 Å². The molecule has 5 heteroatoms. The Morgan fingerprint density at radius 3 is 2.25 bits per heavy atom. The quantitative estimate of drug-likeness (QED) is 0.932. The van der Waals surface area contributed by atoms with Crippen molar-refractivity contribution in [2.75, 3.05) is 13.1 Å². The maximum Gasteiger partial charge on any atom is 0.336 e. The Bertz CT molecular complexity index is 765. The van der Waals surface area contributed by atoms with E-state index in [0.29, 0.717) is 16.7 Å². The van der Waals surface area contributed by atoms with Gasteiger partial charge in [0.2, 0.25) is 0 Å². The summed E-state index contributed by atoms with van der Waals surface area (Å²) in [6.45, 7) is 1.54. The van der Waals surface area contributed by atoms with Gasteiger partial charge in [-0.3, -0.25) is 4.79 Å². The predicted molar refractivity (Wildman–Crippen MR) is 88.5 cm³/mol. The molecule has 0 saturated carbocycles. The summed E-state index contributed by atoms with van der Waals surface area (Å²) in [4.78, 5) is 25.6. The minimum absolute atomic E-state index is 0.0149. The Kier molecular flexibility index (Phi) is 4.60. The zero-order chi connectivity index (χ0) is 17.1. The molecule has 0 aliphatic carbocycles. The summed E-state index contributed by atoms with van der Waals surface area (Å²) in [6, 6.07) is 10.2. The number of carbonyl (C=O) groups is 2. The third kappa shape index (κ3) is 3.30. The van der Waals surface area contributed by atoms with E-state index in [4.69, 9.17) is 0 Å². The predicted octanol–water partition coefficient (Wildman–Crippen LogP) is 3.82. The van der Waals surface area contributed by atoms with E-state index in [-0.39, 0.29) is 11.5 Å². The summed E-state index contributed by atoms with van der Waals surface area (Å²) < 4.78 is 13.5. The number of aromatic carboxylic acids is 1. The third-order valence-electron chi connectivity index (χ3n) is 4.30. The van der Waals surface area contributed by atoms with E-state index in [1.165, 1.54) is 12.1 Å². The van der Waals surface area contributed by atoms with Crippen molar-refractivity contribution in [3.8, 4) is 11.1 Å². The van der Waals surface area contributed by atoms with Crippen molar-refractivity contribution in [3.05, 3.63) is 59.4 Å². The second kappa shape index (κ2) is 6.83. The largest absolute Gasteiger partial charge is 0.478 e. The van der Waals surface area contributed by atoms with Crippen molar-refractivity contribution < 1.29 is 19.1 Å². The van der Waals surface area contributed by atoms with Gasteiger partial charge < -0.3 is 10.0 Å². The van der Waals surface area contributed by atoms with E-state index in [1.807, 2.05) is 4.90 Å². The lowest BCUT2D eigenvalue weighted by molar-refractivity contribution is 0.0694. The summed E-state index contributed by atoms with van der Waals surface area (Å²) in [6.07, 6.45) is 3.20. The molecule has 3 rings (SSSR count). The Labute approximate surface area is 139 Å². The molecule has 0 spiro atoms. The van der Waals surface area contributed by atoms with Crippen LogP contribution in [0.5, 0.6) is 0 Å². The molecule has 1 aliphatic rings. The highest BCUT2D eigenvalue weighted by Crippen LogP contribution is 2.26. The molecule has 1 saturated heterocycles. The molecular weight excluding hydrogens is 309 g/mol. The fourth-order valence-corrected chi connectivity index (χ4v) is 3.01. The number of likely N-dealkylation sites (tertiary alicyclic amines) is 1. The number of carboxylic acids is 1. The minimum atomic E-state index is -1.11. The summed E-state index contributed by atoms with van der Waals surface area (Å²) in [5, 5.41) is 9.25. The van der Waals surface area contributed by atoms with Crippen molar-refractivity contribution >= 4 is 11.9 Å². The van der Waals surface area contributed by atoms with Crippen LogP contribution in [-0.2, 0) is 0 Å². The van der Waals surface area contributed by atoms with Crippen LogP contribution in [0.1, 0.15) is 40.0 Å². The Morgan fingerprint density at radius 2 is 1.62 bits per heavy atom. The van der Waals surface area contributed by atoms with Crippen molar-refractivity contribution in [1.29, 1.82) is 0 Å². The lowest BCUT2D eigenvalue weighted by Gasteiger charge is -2.26.